The first-order chi connectivity index (χ1) is 7.08. The Morgan fingerprint density at radius 2 is 2.13 bits per heavy atom. The highest BCUT2D eigenvalue weighted by Gasteiger charge is 2.26. The third-order valence-electron chi connectivity index (χ3n) is 1.31. The molecule has 0 aromatic rings. The molecule has 0 fully saturated rings. The van der Waals surface area contributed by atoms with Crippen LogP contribution in [0.25, 0.3) is 0 Å². The van der Waals surface area contributed by atoms with Gasteiger partial charge < -0.3 is 9.36 Å². The number of nitrogens with zero attached hydrogens (tertiary/aromatic N) is 1. The summed E-state index contributed by atoms with van der Waals surface area (Å²) in [5.74, 6) is 1.02. The molecule has 0 N–H and O–H groups in total. The monoisotopic (exact) mass is 255 g/mol. The van der Waals surface area contributed by atoms with Crippen molar-refractivity contribution < 1.29 is 18.5 Å². The largest absolute Gasteiger partial charge is 0.482 e. The van der Waals surface area contributed by atoms with Crippen molar-refractivity contribution in [3.05, 3.63) is 0 Å². The van der Waals surface area contributed by atoms with Crippen LogP contribution in [0.1, 0.15) is 27.2 Å². The van der Waals surface area contributed by atoms with Crippen LogP contribution in [-0.2, 0) is 18.5 Å². The molecule has 0 aromatic heterocycles. The molecular formula is C8H18NO4PS. The van der Waals surface area contributed by atoms with Gasteiger partial charge in [0, 0.05) is 12.7 Å². The van der Waals surface area contributed by atoms with Crippen LogP contribution in [0.5, 0.6) is 0 Å². The SMILES string of the molecule is CCCSP(=O)(OCC)ON=C(C)OC. The zero-order valence-electron chi connectivity index (χ0n) is 9.56. The zero-order chi connectivity index (χ0) is 11.7. The lowest BCUT2D eigenvalue weighted by Crippen LogP contribution is -1.96. The molecule has 0 aliphatic rings. The van der Waals surface area contributed by atoms with Crippen molar-refractivity contribution in [2.75, 3.05) is 19.5 Å². The molecule has 1 unspecified atom stereocenters. The van der Waals surface area contributed by atoms with E-state index in [1.807, 2.05) is 6.92 Å². The molecule has 0 heterocycles. The first-order valence-electron chi connectivity index (χ1n) is 4.74. The quantitative estimate of drug-likeness (QED) is 0.302. The number of hydrogen-bond donors (Lipinski definition) is 0. The Morgan fingerprint density at radius 3 is 2.60 bits per heavy atom. The van der Waals surface area contributed by atoms with E-state index >= 15 is 0 Å². The number of methoxy groups -OCH3 is 1. The maximum Gasteiger partial charge on any atom is 0.460 e. The normalized spacial score (nSPS) is 15.9. The molecule has 1 atom stereocenters. The van der Waals surface area contributed by atoms with Gasteiger partial charge in [-0.3, -0.25) is 4.52 Å². The fourth-order valence-corrected chi connectivity index (χ4v) is 3.70. The first-order valence-corrected chi connectivity index (χ1v) is 7.87. The Hall–Kier alpha value is -0.190. The summed E-state index contributed by atoms with van der Waals surface area (Å²) in [5.41, 5.74) is 0. The molecule has 5 nitrogen and oxygen atoms in total. The molecule has 0 rings (SSSR count). The molecule has 0 spiro atoms. The molecule has 0 radical (unpaired) electrons. The van der Waals surface area contributed by atoms with Gasteiger partial charge >= 0.3 is 6.80 Å². The van der Waals surface area contributed by atoms with Gasteiger partial charge in [-0.25, -0.2) is 4.57 Å². The number of rotatable bonds is 7. The highest BCUT2D eigenvalue weighted by atomic mass is 32.7. The number of oxime groups is 1. The first kappa shape index (κ1) is 14.8. The Labute approximate surface area is 94.8 Å². The predicted molar refractivity (Wildman–Crippen MR) is 63.2 cm³/mol. The van der Waals surface area contributed by atoms with E-state index < -0.39 is 6.80 Å². The van der Waals surface area contributed by atoms with Crippen molar-refractivity contribution in [3.8, 4) is 0 Å². The molecule has 0 saturated carbocycles. The predicted octanol–water partition coefficient (Wildman–Crippen LogP) is 3.27. The van der Waals surface area contributed by atoms with Crippen LogP contribution in [0.3, 0.4) is 0 Å². The van der Waals surface area contributed by atoms with E-state index in [-0.39, 0.29) is 0 Å². The fourth-order valence-electron chi connectivity index (χ4n) is 0.590. The van der Waals surface area contributed by atoms with E-state index in [1.54, 1.807) is 13.8 Å². The summed E-state index contributed by atoms with van der Waals surface area (Å²) in [6.07, 6.45) is 0.901. The lowest BCUT2D eigenvalue weighted by molar-refractivity contribution is 0.227. The van der Waals surface area contributed by atoms with Crippen LogP contribution in [0, 0.1) is 0 Å². The molecule has 90 valence electrons. The Bertz CT molecular complexity index is 247. The van der Waals surface area contributed by atoms with Crippen LogP contribution >= 0.6 is 18.2 Å². The molecular weight excluding hydrogens is 237 g/mol. The Morgan fingerprint density at radius 1 is 1.47 bits per heavy atom. The molecule has 0 saturated heterocycles. The van der Waals surface area contributed by atoms with E-state index in [0.29, 0.717) is 18.3 Å². The molecule has 0 aliphatic carbocycles. The highest BCUT2D eigenvalue weighted by molar-refractivity contribution is 8.55. The summed E-state index contributed by atoms with van der Waals surface area (Å²) < 4.78 is 26.7. The maximum absolute atomic E-state index is 11.9. The second kappa shape index (κ2) is 8.02. The smallest absolute Gasteiger partial charge is 0.460 e. The molecule has 0 aliphatic heterocycles. The standard InChI is InChI=1S/C8H18NO4PS/c1-5-7-15-14(10,12-6-2)13-9-8(3)11-4/h5-7H2,1-4H3. The van der Waals surface area contributed by atoms with E-state index in [9.17, 15) is 4.57 Å². The van der Waals surface area contributed by atoms with Crippen molar-refractivity contribution in [2.24, 2.45) is 5.16 Å². The van der Waals surface area contributed by atoms with Gasteiger partial charge in [0.1, 0.15) is 0 Å². The summed E-state index contributed by atoms with van der Waals surface area (Å²) >= 11 is 1.15. The molecule has 0 bridgehead atoms. The second-order valence-corrected chi connectivity index (χ2v) is 6.69. The summed E-state index contributed by atoms with van der Waals surface area (Å²) in [4.78, 5) is 0. The van der Waals surface area contributed by atoms with Crippen molar-refractivity contribution in [2.45, 2.75) is 27.2 Å². The summed E-state index contributed by atoms with van der Waals surface area (Å²) in [6, 6.07) is 0. The van der Waals surface area contributed by atoms with Crippen LogP contribution in [0.4, 0.5) is 0 Å². The van der Waals surface area contributed by atoms with E-state index in [4.69, 9.17) is 13.9 Å². The minimum atomic E-state index is -3.15. The third-order valence-corrected chi connectivity index (χ3v) is 5.08. The zero-order valence-corrected chi connectivity index (χ0v) is 11.3. The van der Waals surface area contributed by atoms with Crippen LogP contribution in [-0.4, -0.2) is 25.4 Å². The maximum atomic E-state index is 11.9. The molecule has 7 heteroatoms. The van der Waals surface area contributed by atoms with Crippen LogP contribution in [0.2, 0.25) is 0 Å². The average molecular weight is 255 g/mol. The summed E-state index contributed by atoms with van der Waals surface area (Å²) in [7, 11) is 1.47. The molecule has 0 amide bonds. The van der Waals surface area contributed by atoms with Gasteiger partial charge in [0.2, 0.25) is 5.90 Å². The van der Waals surface area contributed by atoms with Gasteiger partial charge in [0.15, 0.2) is 0 Å². The lowest BCUT2D eigenvalue weighted by Gasteiger charge is -2.13. The Balaban J connectivity index is 4.30. The van der Waals surface area contributed by atoms with E-state index in [0.717, 1.165) is 17.8 Å². The van der Waals surface area contributed by atoms with Crippen molar-refractivity contribution in [1.82, 2.24) is 0 Å². The lowest BCUT2D eigenvalue weighted by atomic mass is 10.6. The molecule has 0 aromatic carbocycles. The van der Waals surface area contributed by atoms with Crippen molar-refractivity contribution in [1.29, 1.82) is 0 Å². The topological polar surface area (TPSA) is 57.1 Å². The number of ether oxygens (including phenoxy) is 1. The van der Waals surface area contributed by atoms with E-state index in [2.05, 4.69) is 5.16 Å². The Kier molecular flexibility index (Phi) is 7.92. The third kappa shape index (κ3) is 6.82. The second-order valence-electron chi connectivity index (χ2n) is 2.59. The van der Waals surface area contributed by atoms with E-state index in [1.165, 1.54) is 7.11 Å². The summed E-state index contributed by atoms with van der Waals surface area (Å²) in [5, 5.41) is 3.57. The van der Waals surface area contributed by atoms with Gasteiger partial charge in [-0.05, 0) is 29.9 Å². The highest BCUT2D eigenvalue weighted by Crippen LogP contribution is 2.60. The fraction of sp³-hybridized carbons (Fsp3) is 0.875. The van der Waals surface area contributed by atoms with Crippen LogP contribution < -0.4 is 0 Å². The van der Waals surface area contributed by atoms with Crippen molar-refractivity contribution >= 4 is 24.1 Å². The van der Waals surface area contributed by atoms with Gasteiger partial charge in [0.05, 0.1) is 13.7 Å². The average Bonchev–Trinajstić information content (AvgIpc) is 2.24. The number of hydrogen-bond acceptors (Lipinski definition) is 6. The van der Waals surface area contributed by atoms with Crippen molar-refractivity contribution in [3.63, 3.8) is 0 Å². The summed E-state index contributed by atoms with van der Waals surface area (Å²) in [6.45, 7) is 2.54. The van der Waals surface area contributed by atoms with Gasteiger partial charge in [-0.2, -0.15) is 0 Å². The van der Waals surface area contributed by atoms with Gasteiger partial charge in [-0.1, -0.05) is 6.92 Å². The molecule has 15 heavy (non-hydrogen) atoms. The minimum absolute atomic E-state index is 0.312. The van der Waals surface area contributed by atoms with Crippen LogP contribution in [0.15, 0.2) is 5.16 Å². The van der Waals surface area contributed by atoms with Gasteiger partial charge in [0.25, 0.3) is 0 Å². The minimum Gasteiger partial charge on any atom is -0.482 e. The van der Waals surface area contributed by atoms with Gasteiger partial charge in [-0.15, -0.1) is 0 Å².